The van der Waals surface area contributed by atoms with Gasteiger partial charge in [-0.15, -0.1) is 11.3 Å². The van der Waals surface area contributed by atoms with Gasteiger partial charge in [0.25, 0.3) is 5.91 Å². The number of carbonyl (C=O) groups excluding carboxylic acids is 1. The first-order valence-electron chi connectivity index (χ1n) is 7.06. The Morgan fingerprint density at radius 1 is 1.43 bits per heavy atom. The van der Waals surface area contributed by atoms with Gasteiger partial charge >= 0.3 is 0 Å². The normalized spacial score (nSPS) is 15.5. The Bertz CT molecular complexity index is 756. The summed E-state index contributed by atoms with van der Waals surface area (Å²) in [5.41, 5.74) is 1.85. The van der Waals surface area contributed by atoms with E-state index >= 15 is 0 Å². The van der Waals surface area contributed by atoms with E-state index in [2.05, 4.69) is 39.3 Å². The Morgan fingerprint density at radius 2 is 2.19 bits per heavy atom. The molecule has 0 aliphatic heterocycles. The van der Waals surface area contributed by atoms with Gasteiger partial charge in [0, 0.05) is 27.2 Å². The number of thiazole rings is 1. The third kappa shape index (κ3) is 3.35. The van der Waals surface area contributed by atoms with Gasteiger partial charge in [-0.25, -0.2) is 0 Å². The zero-order valence-electron chi connectivity index (χ0n) is 12.1. The van der Waals surface area contributed by atoms with E-state index in [1.807, 2.05) is 18.2 Å². The predicted octanol–water partition coefficient (Wildman–Crippen LogP) is 4.08. The summed E-state index contributed by atoms with van der Waals surface area (Å²) in [7, 11) is 0. The number of nitrogens with zero attached hydrogens (tertiary/aromatic N) is 2. The van der Waals surface area contributed by atoms with Crippen molar-refractivity contribution in [1.82, 2.24) is 4.57 Å². The Hall–Kier alpha value is -1.20. The van der Waals surface area contributed by atoms with E-state index in [1.54, 1.807) is 17.4 Å². The number of amides is 1. The molecule has 1 heterocycles. The average molecular weight is 365 g/mol. The number of hydrogen-bond donors (Lipinski definition) is 0. The van der Waals surface area contributed by atoms with Crippen molar-refractivity contribution < 1.29 is 4.79 Å². The molecule has 0 atom stereocenters. The fraction of sp³-hybridized carbons (Fsp3) is 0.375. The minimum Gasteiger partial charge on any atom is -0.320 e. The summed E-state index contributed by atoms with van der Waals surface area (Å²) >= 11 is 4.99. The smallest absolute Gasteiger partial charge is 0.279 e. The number of halogens is 1. The largest absolute Gasteiger partial charge is 0.320 e. The third-order valence-electron chi connectivity index (χ3n) is 3.80. The van der Waals surface area contributed by atoms with Crippen LogP contribution < -0.4 is 4.80 Å². The molecule has 1 aliphatic rings. The summed E-state index contributed by atoms with van der Waals surface area (Å²) in [4.78, 5) is 18.8. The SMILES string of the molecule is Cc1sc(=NC(=O)c2cccc(Br)c2)n(CC2CC2)c1C. The second-order valence-corrected chi connectivity index (χ2v) is 7.60. The number of aryl methyl sites for hydroxylation is 1. The van der Waals surface area contributed by atoms with Crippen LogP contribution >= 0.6 is 27.3 Å². The van der Waals surface area contributed by atoms with E-state index in [0.29, 0.717) is 5.56 Å². The molecule has 1 aromatic carbocycles. The van der Waals surface area contributed by atoms with Crippen LogP contribution in [0.2, 0.25) is 0 Å². The molecule has 3 nitrogen and oxygen atoms in total. The quantitative estimate of drug-likeness (QED) is 0.807. The van der Waals surface area contributed by atoms with Gasteiger partial charge < -0.3 is 4.57 Å². The van der Waals surface area contributed by atoms with Crippen molar-refractivity contribution in [3.63, 3.8) is 0 Å². The lowest BCUT2D eigenvalue weighted by Gasteiger charge is -2.04. The second-order valence-electron chi connectivity index (χ2n) is 5.51. The third-order valence-corrected chi connectivity index (χ3v) is 5.39. The van der Waals surface area contributed by atoms with Crippen LogP contribution in [0.25, 0.3) is 0 Å². The number of aromatic nitrogens is 1. The monoisotopic (exact) mass is 364 g/mol. The molecule has 0 spiro atoms. The molecule has 0 N–H and O–H groups in total. The number of rotatable bonds is 3. The van der Waals surface area contributed by atoms with Crippen molar-refractivity contribution in [2.24, 2.45) is 10.9 Å². The zero-order chi connectivity index (χ0) is 15.0. The van der Waals surface area contributed by atoms with Crippen LogP contribution in [0.4, 0.5) is 0 Å². The van der Waals surface area contributed by atoms with Gasteiger partial charge in [0.15, 0.2) is 4.80 Å². The van der Waals surface area contributed by atoms with Crippen LogP contribution in [0.15, 0.2) is 33.7 Å². The summed E-state index contributed by atoms with van der Waals surface area (Å²) in [6.07, 6.45) is 2.58. The van der Waals surface area contributed by atoms with Gasteiger partial charge in [0.2, 0.25) is 0 Å². The first-order valence-corrected chi connectivity index (χ1v) is 8.67. The lowest BCUT2D eigenvalue weighted by molar-refractivity contribution is 0.0997. The van der Waals surface area contributed by atoms with Crippen LogP contribution in [0.3, 0.4) is 0 Å². The molecule has 110 valence electrons. The molecule has 0 radical (unpaired) electrons. The second kappa shape index (κ2) is 5.89. The Labute approximate surface area is 136 Å². The van der Waals surface area contributed by atoms with Gasteiger partial charge in [-0.1, -0.05) is 22.0 Å². The van der Waals surface area contributed by atoms with Crippen LogP contribution in [-0.4, -0.2) is 10.5 Å². The van der Waals surface area contributed by atoms with E-state index in [9.17, 15) is 4.79 Å². The van der Waals surface area contributed by atoms with Gasteiger partial charge in [-0.3, -0.25) is 4.79 Å². The summed E-state index contributed by atoms with van der Waals surface area (Å²) in [5, 5.41) is 0. The van der Waals surface area contributed by atoms with Crippen molar-refractivity contribution in [1.29, 1.82) is 0 Å². The maximum atomic E-state index is 12.3. The molecule has 0 unspecified atom stereocenters. The van der Waals surface area contributed by atoms with E-state index < -0.39 is 0 Å². The van der Waals surface area contributed by atoms with E-state index in [1.165, 1.54) is 23.4 Å². The highest BCUT2D eigenvalue weighted by molar-refractivity contribution is 9.10. The zero-order valence-corrected chi connectivity index (χ0v) is 14.5. The summed E-state index contributed by atoms with van der Waals surface area (Å²) in [6, 6.07) is 7.37. The maximum absolute atomic E-state index is 12.3. The molecule has 0 saturated heterocycles. The standard InChI is InChI=1S/C16H17BrN2OS/c1-10-11(2)21-16(19(10)9-12-6-7-12)18-15(20)13-4-3-5-14(17)8-13/h3-5,8,12H,6-7,9H2,1-2H3. The molecule has 1 aliphatic carbocycles. The van der Waals surface area contributed by atoms with Crippen molar-refractivity contribution in [3.05, 3.63) is 49.7 Å². The molecule has 1 amide bonds. The van der Waals surface area contributed by atoms with Crippen LogP contribution in [-0.2, 0) is 6.54 Å². The van der Waals surface area contributed by atoms with Crippen molar-refractivity contribution in [2.45, 2.75) is 33.2 Å². The molecule has 5 heteroatoms. The molecule has 2 aromatic rings. The van der Waals surface area contributed by atoms with Crippen LogP contribution in [0.1, 0.15) is 33.8 Å². The van der Waals surface area contributed by atoms with Gasteiger partial charge in [-0.05, 0) is 50.8 Å². The number of carbonyl (C=O) groups is 1. The molecule has 1 aromatic heterocycles. The average Bonchev–Trinajstić information content (AvgIpc) is 3.23. The molecule has 1 fully saturated rings. The minimum absolute atomic E-state index is 0.179. The Kier molecular flexibility index (Phi) is 4.13. The fourth-order valence-electron chi connectivity index (χ4n) is 2.23. The minimum atomic E-state index is -0.179. The van der Waals surface area contributed by atoms with E-state index in [0.717, 1.165) is 21.7 Å². The van der Waals surface area contributed by atoms with Gasteiger partial charge in [0.1, 0.15) is 0 Å². The Morgan fingerprint density at radius 3 is 2.86 bits per heavy atom. The molecule has 3 rings (SSSR count). The van der Waals surface area contributed by atoms with Gasteiger partial charge in [-0.2, -0.15) is 4.99 Å². The van der Waals surface area contributed by atoms with Crippen LogP contribution in [0, 0.1) is 19.8 Å². The van der Waals surface area contributed by atoms with Gasteiger partial charge in [0.05, 0.1) is 0 Å². The first-order chi connectivity index (χ1) is 10.0. The summed E-state index contributed by atoms with van der Waals surface area (Å²) in [6.45, 7) is 5.18. The van der Waals surface area contributed by atoms with Crippen molar-refractivity contribution in [3.8, 4) is 0 Å². The molecular formula is C16H17BrN2OS. The summed E-state index contributed by atoms with van der Waals surface area (Å²) < 4.78 is 3.10. The highest BCUT2D eigenvalue weighted by Crippen LogP contribution is 2.31. The predicted molar refractivity (Wildman–Crippen MR) is 88.5 cm³/mol. The van der Waals surface area contributed by atoms with Crippen molar-refractivity contribution in [2.75, 3.05) is 0 Å². The molecule has 1 saturated carbocycles. The van der Waals surface area contributed by atoms with Crippen molar-refractivity contribution >= 4 is 33.2 Å². The fourth-order valence-corrected chi connectivity index (χ4v) is 3.61. The number of benzene rings is 1. The molecular weight excluding hydrogens is 348 g/mol. The first kappa shape index (κ1) is 14.7. The van der Waals surface area contributed by atoms with Crippen LogP contribution in [0.5, 0.6) is 0 Å². The Balaban J connectivity index is 1.98. The molecule has 0 bridgehead atoms. The topological polar surface area (TPSA) is 34.4 Å². The molecule has 21 heavy (non-hydrogen) atoms. The van der Waals surface area contributed by atoms with E-state index in [4.69, 9.17) is 0 Å². The maximum Gasteiger partial charge on any atom is 0.279 e. The highest BCUT2D eigenvalue weighted by atomic mass is 79.9. The van der Waals surface area contributed by atoms with E-state index in [-0.39, 0.29) is 5.91 Å². The highest BCUT2D eigenvalue weighted by Gasteiger charge is 2.23. The summed E-state index contributed by atoms with van der Waals surface area (Å²) in [5.74, 6) is 0.583. The number of hydrogen-bond acceptors (Lipinski definition) is 2. The lowest BCUT2D eigenvalue weighted by Crippen LogP contribution is -2.19. The lowest BCUT2D eigenvalue weighted by atomic mass is 10.2.